The molecule has 2 N–H and O–H groups in total. The van der Waals surface area contributed by atoms with E-state index in [2.05, 4.69) is 36.4 Å². The molecular formula is C12H11BrN4O2. The fourth-order valence-corrected chi connectivity index (χ4v) is 1.56. The van der Waals surface area contributed by atoms with Crippen LogP contribution < -0.4 is 10.1 Å². The standard InChI is InChI=1S/C12H11BrN4O2/c1-19-12-15-11(16-17-12)14-10(18)7-4-8-2-5-9(13)6-3-8/h2-7H,1H3,(H2,14,15,16,17,18)/b7-4+. The number of rotatable bonds is 4. The van der Waals surface area contributed by atoms with Crippen LogP contribution in [0.3, 0.4) is 0 Å². The minimum absolute atomic E-state index is 0.173. The van der Waals surface area contributed by atoms with Crippen molar-refractivity contribution in [3.63, 3.8) is 0 Å². The first-order chi connectivity index (χ1) is 9.17. The number of amides is 1. The highest BCUT2D eigenvalue weighted by atomic mass is 79.9. The topological polar surface area (TPSA) is 79.9 Å². The maximum Gasteiger partial charge on any atom is 0.336 e. The van der Waals surface area contributed by atoms with Crippen molar-refractivity contribution in [3.05, 3.63) is 40.4 Å². The molecule has 0 spiro atoms. The Morgan fingerprint density at radius 3 is 2.79 bits per heavy atom. The summed E-state index contributed by atoms with van der Waals surface area (Å²) in [4.78, 5) is 15.5. The van der Waals surface area contributed by atoms with Crippen LogP contribution in [0.15, 0.2) is 34.8 Å². The number of nitrogens with zero attached hydrogens (tertiary/aromatic N) is 2. The van der Waals surface area contributed by atoms with Crippen molar-refractivity contribution >= 4 is 33.9 Å². The van der Waals surface area contributed by atoms with Crippen molar-refractivity contribution in [2.24, 2.45) is 0 Å². The van der Waals surface area contributed by atoms with Crippen LogP contribution in [0.1, 0.15) is 5.56 Å². The molecule has 98 valence electrons. The molecule has 2 rings (SSSR count). The molecule has 1 heterocycles. The predicted molar refractivity (Wildman–Crippen MR) is 74.7 cm³/mol. The van der Waals surface area contributed by atoms with E-state index in [1.807, 2.05) is 24.3 Å². The Labute approximate surface area is 118 Å². The first-order valence-corrected chi connectivity index (χ1v) is 6.17. The fourth-order valence-electron chi connectivity index (χ4n) is 1.30. The Morgan fingerprint density at radius 2 is 2.16 bits per heavy atom. The van der Waals surface area contributed by atoms with Gasteiger partial charge in [-0.2, -0.15) is 4.98 Å². The molecule has 2 aromatic rings. The first-order valence-electron chi connectivity index (χ1n) is 5.38. The number of carbonyl (C=O) groups excluding carboxylic acids is 1. The Kier molecular flexibility index (Phi) is 4.30. The molecule has 19 heavy (non-hydrogen) atoms. The van der Waals surface area contributed by atoms with Gasteiger partial charge in [0.15, 0.2) is 0 Å². The number of aromatic amines is 1. The van der Waals surface area contributed by atoms with Crippen molar-refractivity contribution in [2.75, 3.05) is 12.4 Å². The summed E-state index contributed by atoms with van der Waals surface area (Å²) in [6.07, 6.45) is 3.12. The maximum absolute atomic E-state index is 11.6. The third-order valence-electron chi connectivity index (χ3n) is 2.19. The molecule has 0 aliphatic rings. The average molecular weight is 323 g/mol. The quantitative estimate of drug-likeness (QED) is 0.846. The third kappa shape index (κ3) is 3.92. The number of aromatic nitrogens is 3. The van der Waals surface area contributed by atoms with Gasteiger partial charge in [-0.05, 0) is 23.8 Å². The number of halogens is 1. The van der Waals surface area contributed by atoms with Crippen molar-refractivity contribution < 1.29 is 9.53 Å². The second-order valence-corrected chi connectivity index (χ2v) is 4.46. The summed E-state index contributed by atoms with van der Waals surface area (Å²) < 4.78 is 5.78. The van der Waals surface area contributed by atoms with Gasteiger partial charge in [-0.1, -0.05) is 28.1 Å². The number of H-pyrrole nitrogens is 1. The maximum atomic E-state index is 11.6. The van der Waals surface area contributed by atoms with E-state index >= 15 is 0 Å². The van der Waals surface area contributed by atoms with Crippen LogP contribution in [0.5, 0.6) is 6.01 Å². The molecule has 0 saturated heterocycles. The van der Waals surface area contributed by atoms with Gasteiger partial charge in [0.05, 0.1) is 7.11 Å². The minimum atomic E-state index is -0.304. The largest absolute Gasteiger partial charge is 0.466 e. The molecule has 6 nitrogen and oxygen atoms in total. The second kappa shape index (κ2) is 6.14. The van der Waals surface area contributed by atoms with Gasteiger partial charge in [0, 0.05) is 10.5 Å². The SMILES string of the molecule is COc1n[nH]c(NC(=O)/C=C/c2ccc(Br)cc2)n1. The molecule has 0 saturated carbocycles. The number of carbonyl (C=O) groups is 1. The van der Waals surface area contributed by atoms with E-state index in [0.29, 0.717) is 0 Å². The first kappa shape index (κ1) is 13.3. The molecule has 7 heteroatoms. The average Bonchev–Trinajstić information content (AvgIpc) is 2.86. The molecule has 0 unspecified atom stereocenters. The zero-order valence-electron chi connectivity index (χ0n) is 10.1. The molecule has 1 aromatic carbocycles. The van der Waals surface area contributed by atoms with E-state index in [4.69, 9.17) is 4.74 Å². The van der Waals surface area contributed by atoms with Crippen LogP contribution in [0.2, 0.25) is 0 Å². The highest BCUT2D eigenvalue weighted by molar-refractivity contribution is 9.10. The number of anilines is 1. The zero-order chi connectivity index (χ0) is 13.7. The van der Waals surface area contributed by atoms with Crippen LogP contribution in [0.25, 0.3) is 6.08 Å². The van der Waals surface area contributed by atoms with E-state index in [-0.39, 0.29) is 17.9 Å². The zero-order valence-corrected chi connectivity index (χ0v) is 11.6. The molecule has 0 fully saturated rings. The monoisotopic (exact) mass is 322 g/mol. The van der Waals surface area contributed by atoms with Crippen LogP contribution in [-0.2, 0) is 4.79 Å². The van der Waals surface area contributed by atoms with Crippen molar-refractivity contribution in [1.29, 1.82) is 0 Å². The van der Waals surface area contributed by atoms with Crippen LogP contribution in [0, 0.1) is 0 Å². The van der Waals surface area contributed by atoms with Crippen molar-refractivity contribution in [3.8, 4) is 6.01 Å². The Morgan fingerprint density at radius 1 is 1.42 bits per heavy atom. The summed E-state index contributed by atoms with van der Waals surface area (Å²) in [5, 5.41) is 8.78. The lowest BCUT2D eigenvalue weighted by atomic mass is 10.2. The number of hydrogen-bond acceptors (Lipinski definition) is 4. The van der Waals surface area contributed by atoms with Gasteiger partial charge in [0.1, 0.15) is 0 Å². The van der Waals surface area contributed by atoms with Crippen LogP contribution >= 0.6 is 15.9 Å². The molecule has 0 bridgehead atoms. The summed E-state index contributed by atoms with van der Waals surface area (Å²) in [5.41, 5.74) is 0.925. The molecule has 1 amide bonds. The summed E-state index contributed by atoms with van der Waals surface area (Å²) in [5.74, 6) is -0.0657. The van der Waals surface area contributed by atoms with E-state index in [0.717, 1.165) is 10.0 Å². The Balaban J connectivity index is 1.95. The van der Waals surface area contributed by atoms with E-state index in [9.17, 15) is 4.79 Å². The lowest BCUT2D eigenvalue weighted by Crippen LogP contribution is -2.09. The normalized spacial score (nSPS) is 10.6. The second-order valence-electron chi connectivity index (χ2n) is 3.54. The van der Waals surface area contributed by atoms with Crippen LogP contribution in [0.4, 0.5) is 5.95 Å². The molecule has 0 aliphatic carbocycles. The lowest BCUT2D eigenvalue weighted by molar-refractivity contribution is -0.111. The third-order valence-corrected chi connectivity index (χ3v) is 2.71. The fraction of sp³-hybridized carbons (Fsp3) is 0.0833. The number of hydrogen-bond donors (Lipinski definition) is 2. The van der Waals surface area contributed by atoms with Crippen LogP contribution in [-0.4, -0.2) is 28.2 Å². The Hall–Kier alpha value is -2.15. The van der Waals surface area contributed by atoms with E-state index < -0.39 is 0 Å². The van der Waals surface area contributed by atoms with E-state index in [1.165, 1.54) is 13.2 Å². The summed E-state index contributed by atoms with van der Waals surface area (Å²) >= 11 is 3.34. The van der Waals surface area contributed by atoms with Crippen molar-refractivity contribution in [2.45, 2.75) is 0 Å². The summed E-state index contributed by atoms with van der Waals surface area (Å²) in [6, 6.07) is 7.77. The number of methoxy groups -OCH3 is 1. The number of nitrogens with one attached hydrogen (secondary N) is 2. The highest BCUT2D eigenvalue weighted by Gasteiger charge is 2.04. The van der Waals surface area contributed by atoms with Gasteiger partial charge >= 0.3 is 6.01 Å². The summed E-state index contributed by atoms with van der Waals surface area (Å²) in [7, 11) is 1.45. The molecule has 0 aliphatic heterocycles. The molecule has 0 atom stereocenters. The van der Waals surface area contributed by atoms with Gasteiger partial charge in [0.2, 0.25) is 5.95 Å². The minimum Gasteiger partial charge on any atom is -0.466 e. The molecular weight excluding hydrogens is 312 g/mol. The van der Waals surface area contributed by atoms with Gasteiger partial charge in [0.25, 0.3) is 5.91 Å². The lowest BCUT2D eigenvalue weighted by Gasteiger charge is -1.96. The van der Waals surface area contributed by atoms with E-state index in [1.54, 1.807) is 6.08 Å². The molecule has 1 aromatic heterocycles. The smallest absolute Gasteiger partial charge is 0.336 e. The summed E-state index contributed by atoms with van der Waals surface area (Å²) in [6.45, 7) is 0. The highest BCUT2D eigenvalue weighted by Crippen LogP contribution is 2.11. The van der Waals surface area contributed by atoms with Gasteiger partial charge < -0.3 is 4.74 Å². The van der Waals surface area contributed by atoms with Gasteiger partial charge in [-0.15, -0.1) is 5.10 Å². The van der Waals surface area contributed by atoms with Crippen molar-refractivity contribution in [1.82, 2.24) is 15.2 Å². The Bertz CT molecular complexity index is 592. The number of benzene rings is 1. The number of ether oxygens (including phenoxy) is 1. The molecule has 0 radical (unpaired) electrons. The predicted octanol–water partition coefficient (Wildman–Crippen LogP) is 2.23. The van der Waals surface area contributed by atoms with Gasteiger partial charge in [-0.3, -0.25) is 10.1 Å². The van der Waals surface area contributed by atoms with Gasteiger partial charge in [-0.25, -0.2) is 5.10 Å².